The van der Waals surface area contributed by atoms with Gasteiger partial charge in [-0.3, -0.25) is 0 Å². The maximum atomic E-state index is 6.05. The van der Waals surface area contributed by atoms with Crippen molar-refractivity contribution in [3.05, 3.63) is 29.3 Å². The number of hydrogen-bond acceptors (Lipinski definition) is 2. The summed E-state index contributed by atoms with van der Waals surface area (Å²) in [5, 5.41) is 3.54. The summed E-state index contributed by atoms with van der Waals surface area (Å²) >= 11 is 0. The van der Waals surface area contributed by atoms with Crippen molar-refractivity contribution in [2.45, 2.75) is 64.8 Å². The zero-order chi connectivity index (χ0) is 14.6. The van der Waals surface area contributed by atoms with E-state index in [9.17, 15) is 0 Å². The molecule has 2 nitrogen and oxygen atoms in total. The van der Waals surface area contributed by atoms with Gasteiger partial charge in [0.2, 0.25) is 0 Å². The molecular weight excluding hydrogens is 246 g/mol. The average molecular weight is 275 g/mol. The Kier molecular flexibility index (Phi) is 5.09. The van der Waals surface area contributed by atoms with E-state index in [-0.39, 0.29) is 5.41 Å². The van der Waals surface area contributed by atoms with Gasteiger partial charge in [0, 0.05) is 6.04 Å². The Morgan fingerprint density at radius 1 is 1.30 bits per heavy atom. The van der Waals surface area contributed by atoms with Crippen LogP contribution in [-0.4, -0.2) is 19.2 Å². The van der Waals surface area contributed by atoms with Gasteiger partial charge in [0.25, 0.3) is 0 Å². The molecule has 1 aliphatic heterocycles. The minimum absolute atomic E-state index is 0.133. The highest BCUT2D eigenvalue weighted by atomic mass is 16.5. The number of aryl methyl sites for hydroxylation is 1. The first kappa shape index (κ1) is 15.4. The summed E-state index contributed by atoms with van der Waals surface area (Å²) in [4.78, 5) is 0. The lowest BCUT2D eigenvalue weighted by molar-refractivity contribution is 0.291. The molecule has 20 heavy (non-hydrogen) atoms. The Morgan fingerprint density at radius 2 is 2.10 bits per heavy atom. The number of rotatable bonds is 5. The molecule has 0 saturated carbocycles. The Labute approximate surface area is 123 Å². The normalized spacial score (nSPS) is 19.3. The molecule has 0 radical (unpaired) electrons. The van der Waals surface area contributed by atoms with Crippen molar-refractivity contribution >= 4 is 0 Å². The Hall–Kier alpha value is -1.02. The van der Waals surface area contributed by atoms with Crippen LogP contribution in [0.4, 0.5) is 0 Å². The van der Waals surface area contributed by atoms with Crippen molar-refractivity contribution in [2.24, 2.45) is 0 Å². The van der Waals surface area contributed by atoms with Crippen LogP contribution in [0.5, 0.6) is 5.75 Å². The van der Waals surface area contributed by atoms with Crippen LogP contribution in [0.15, 0.2) is 18.2 Å². The topological polar surface area (TPSA) is 21.3 Å². The fourth-order valence-corrected chi connectivity index (χ4v) is 2.87. The van der Waals surface area contributed by atoms with E-state index in [1.54, 1.807) is 0 Å². The summed E-state index contributed by atoms with van der Waals surface area (Å²) in [5.74, 6) is 1.06. The molecule has 1 aliphatic rings. The number of nitrogens with one attached hydrogen (secondary N) is 1. The van der Waals surface area contributed by atoms with Crippen molar-refractivity contribution in [1.82, 2.24) is 5.32 Å². The van der Waals surface area contributed by atoms with E-state index in [4.69, 9.17) is 4.74 Å². The fraction of sp³-hybridized carbons (Fsp3) is 0.667. The number of benzene rings is 1. The first-order valence-corrected chi connectivity index (χ1v) is 7.94. The van der Waals surface area contributed by atoms with Gasteiger partial charge in [-0.15, -0.1) is 0 Å². The molecule has 2 rings (SSSR count). The van der Waals surface area contributed by atoms with Crippen molar-refractivity contribution in [1.29, 1.82) is 0 Å². The van der Waals surface area contributed by atoms with Crippen LogP contribution in [0, 0.1) is 6.92 Å². The predicted octanol–water partition coefficient (Wildman–Crippen LogP) is 4.20. The quantitative estimate of drug-likeness (QED) is 0.813. The van der Waals surface area contributed by atoms with Gasteiger partial charge in [0.05, 0.1) is 6.61 Å². The molecule has 1 aromatic carbocycles. The van der Waals surface area contributed by atoms with E-state index >= 15 is 0 Å². The van der Waals surface area contributed by atoms with Crippen molar-refractivity contribution in [3.63, 3.8) is 0 Å². The number of ether oxygens (including phenoxy) is 1. The third-order valence-electron chi connectivity index (χ3n) is 4.06. The summed E-state index contributed by atoms with van der Waals surface area (Å²) in [6.07, 6.45) is 5.03. The summed E-state index contributed by atoms with van der Waals surface area (Å²) in [7, 11) is 0. The second kappa shape index (κ2) is 6.62. The van der Waals surface area contributed by atoms with Crippen molar-refractivity contribution < 1.29 is 4.74 Å². The third-order valence-corrected chi connectivity index (χ3v) is 4.06. The van der Waals surface area contributed by atoms with Gasteiger partial charge in [-0.25, -0.2) is 0 Å². The standard InChI is InChI=1S/C18H29NO/c1-14-9-10-17(16(13-14)18(2,3)4)20-12-6-8-15-7-5-11-19-15/h9-10,13,15,19H,5-8,11-12H2,1-4H3. The second-order valence-electron chi connectivity index (χ2n) is 7.03. The average Bonchev–Trinajstić information content (AvgIpc) is 2.88. The predicted molar refractivity (Wildman–Crippen MR) is 85.6 cm³/mol. The Morgan fingerprint density at radius 3 is 2.75 bits per heavy atom. The zero-order valence-corrected chi connectivity index (χ0v) is 13.5. The monoisotopic (exact) mass is 275 g/mol. The van der Waals surface area contributed by atoms with Gasteiger partial charge in [-0.2, -0.15) is 0 Å². The zero-order valence-electron chi connectivity index (χ0n) is 13.5. The molecule has 1 atom stereocenters. The molecule has 2 heteroatoms. The van der Waals surface area contributed by atoms with Crippen LogP contribution in [0.1, 0.15) is 57.6 Å². The maximum absolute atomic E-state index is 6.05. The SMILES string of the molecule is Cc1ccc(OCCCC2CCCN2)c(C(C)(C)C)c1. The molecule has 0 amide bonds. The van der Waals surface area contributed by atoms with Gasteiger partial charge in [-0.05, 0) is 56.2 Å². The summed E-state index contributed by atoms with van der Waals surface area (Å²) < 4.78 is 6.05. The Balaban J connectivity index is 1.88. The van der Waals surface area contributed by atoms with E-state index in [2.05, 4.69) is 51.2 Å². The van der Waals surface area contributed by atoms with Gasteiger partial charge in [-0.1, -0.05) is 38.5 Å². The molecule has 1 unspecified atom stereocenters. The molecule has 0 aliphatic carbocycles. The van der Waals surface area contributed by atoms with E-state index in [1.807, 2.05) is 0 Å². The fourth-order valence-electron chi connectivity index (χ4n) is 2.87. The van der Waals surface area contributed by atoms with Crippen molar-refractivity contribution in [3.8, 4) is 5.75 Å². The van der Waals surface area contributed by atoms with Crippen LogP contribution in [-0.2, 0) is 5.41 Å². The minimum Gasteiger partial charge on any atom is -0.493 e. The molecule has 1 heterocycles. The van der Waals surface area contributed by atoms with Gasteiger partial charge in [0.15, 0.2) is 0 Å². The second-order valence-corrected chi connectivity index (χ2v) is 7.03. The highest BCUT2D eigenvalue weighted by Crippen LogP contribution is 2.32. The van der Waals surface area contributed by atoms with Crippen LogP contribution < -0.4 is 10.1 Å². The summed E-state index contributed by atoms with van der Waals surface area (Å²) in [6.45, 7) is 10.9. The molecule has 0 bridgehead atoms. The van der Waals surface area contributed by atoms with E-state index in [1.165, 1.54) is 36.9 Å². The van der Waals surface area contributed by atoms with Crippen LogP contribution in [0.25, 0.3) is 0 Å². The molecule has 0 spiro atoms. The van der Waals surface area contributed by atoms with Gasteiger partial charge in [0.1, 0.15) is 5.75 Å². The highest BCUT2D eigenvalue weighted by molar-refractivity contribution is 5.41. The van der Waals surface area contributed by atoms with Gasteiger partial charge < -0.3 is 10.1 Å². The minimum atomic E-state index is 0.133. The smallest absolute Gasteiger partial charge is 0.123 e. The summed E-state index contributed by atoms with van der Waals surface area (Å²) in [6, 6.07) is 7.25. The van der Waals surface area contributed by atoms with E-state index in [0.717, 1.165) is 24.8 Å². The maximum Gasteiger partial charge on any atom is 0.123 e. The van der Waals surface area contributed by atoms with E-state index < -0.39 is 0 Å². The number of hydrogen-bond donors (Lipinski definition) is 1. The van der Waals surface area contributed by atoms with E-state index in [0.29, 0.717) is 0 Å². The molecule has 1 N–H and O–H groups in total. The van der Waals surface area contributed by atoms with Crippen LogP contribution >= 0.6 is 0 Å². The lowest BCUT2D eigenvalue weighted by atomic mass is 9.85. The highest BCUT2D eigenvalue weighted by Gasteiger charge is 2.19. The first-order chi connectivity index (χ1) is 9.47. The molecule has 1 saturated heterocycles. The van der Waals surface area contributed by atoms with Gasteiger partial charge >= 0.3 is 0 Å². The third kappa shape index (κ3) is 4.24. The molecule has 1 aromatic rings. The lowest BCUT2D eigenvalue weighted by Gasteiger charge is -2.23. The molecule has 1 fully saturated rings. The lowest BCUT2D eigenvalue weighted by Crippen LogP contribution is -2.21. The summed E-state index contributed by atoms with van der Waals surface area (Å²) in [5.41, 5.74) is 2.75. The molecule has 0 aromatic heterocycles. The molecule has 112 valence electrons. The van der Waals surface area contributed by atoms with Crippen LogP contribution in [0.3, 0.4) is 0 Å². The molecular formula is C18H29NO. The largest absolute Gasteiger partial charge is 0.493 e. The van der Waals surface area contributed by atoms with Crippen LogP contribution in [0.2, 0.25) is 0 Å². The van der Waals surface area contributed by atoms with Crippen molar-refractivity contribution in [2.75, 3.05) is 13.2 Å². The first-order valence-electron chi connectivity index (χ1n) is 7.94. The Bertz CT molecular complexity index is 428.